The van der Waals surface area contributed by atoms with Crippen LogP contribution in [0.2, 0.25) is 0 Å². The van der Waals surface area contributed by atoms with Crippen molar-refractivity contribution in [3.8, 4) is 0 Å². The Balaban J connectivity index is 1.78. The van der Waals surface area contributed by atoms with Gasteiger partial charge < -0.3 is 15.6 Å². The van der Waals surface area contributed by atoms with E-state index in [1.807, 2.05) is 6.20 Å². The van der Waals surface area contributed by atoms with Crippen molar-refractivity contribution in [1.82, 2.24) is 10.3 Å². The molecule has 3 rings (SSSR count). The minimum atomic E-state index is 0.515. The van der Waals surface area contributed by atoms with Gasteiger partial charge in [-0.05, 0) is 36.0 Å². The summed E-state index contributed by atoms with van der Waals surface area (Å²) in [6, 6.07) is 2.69. The second kappa shape index (κ2) is 3.98. The van der Waals surface area contributed by atoms with Crippen LogP contribution in [0.1, 0.15) is 18.9 Å². The molecule has 0 fully saturated rings. The van der Waals surface area contributed by atoms with E-state index >= 15 is 0 Å². The number of hydrogen-bond acceptors (Lipinski definition) is 2. The van der Waals surface area contributed by atoms with E-state index in [2.05, 4.69) is 34.7 Å². The summed E-state index contributed by atoms with van der Waals surface area (Å²) in [6.07, 6.45) is 6.85. The molecule has 0 saturated heterocycles. The van der Waals surface area contributed by atoms with Crippen LogP contribution in [0.15, 0.2) is 23.9 Å². The van der Waals surface area contributed by atoms with Gasteiger partial charge in [0.15, 0.2) is 0 Å². The molecule has 2 atom stereocenters. The lowest BCUT2D eigenvalue weighted by Crippen LogP contribution is -2.37. The van der Waals surface area contributed by atoms with E-state index < -0.39 is 0 Å². The molecule has 0 amide bonds. The number of aromatic nitrogens is 1. The van der Waals surface area contributed by atoms with Gasteiger partial charge in [-0.1, -0.05) is 13.0 Å². The van der Waals surface area contributed by atoms with Gasteiger partial charge in [0.05, 0.1) is 6.04 Å². The molecule has 2 aliphatic heterocycles. The number of aryl methyl sites for hydroxylation is 1. The van der Waals surface area contributed by atoms with Crippen LogP contribution in [0.4, 0.5) is 5.82 Å². The number of rotatable bonds is 1. The van der Waals surface area contributed by atoms with Crippen molar-refractivity contribution in [3.63, 3.8) is 0 Å². The lowest BCUT2D eigenvalue weighted by atomic mass is 9.91. The maximum absolute atomic E-state index is 3.60. The first kappa shape index (κ1) is 9.97. The van der Waals surface area contributed by atoms with Crippen LogP contribution in [0.5, 0.6) is 0 Å². The summed E-state index contributed by atoms with van der Waals surface area (Å²) in [5.74, 6) is 1.88. The minimum Gasteiger partial charge on any atom is -0.365 e. The number of hydrogen-bond donors (Lipinski definition) is 3. The molecular weight excluding hydrogens is 198 g/mol. The molecule has 16 heavy (non-hydrogen) atoms. The average molecular weight is 217 g/mol. The molecule has 0 aliphatic carbocycles. The maximum Gasteiger partial charge on any atom is 0.106 e. The van der Waals surface area contributed by atoms with E-state index in [0.29, 0.717) is 12.0 Å². The largest absolute Gasteiger partial charge is 0.365 e. The van der Waals surface area contributed by atoms with Crippen LogP contribution in [-0.2, 0) is 6.42 Å². The molecule has 0 saturated carbocycles. The zero-order valence-electron chi connectivity index (χ0n) is 9.72. The van der Waals surface area contributed by atoms with Gasteiger partial charge in [-0.15, -0.1) is 0 Å². The lowest BCUT2D eigenvalue weighted by molar-refractivity contribution is 0.549. The molecule has 1 aromatic heterocycles. The summed E-state index contributed by atoms with van der Waals surface area (Å²) in [7, 11) is 0. The highest BCUT2D eigenvalue weighted by Gasteiger charge is 2.23. The molecule has 2 aliphatic rings. The topological polar surface area (TPSA) is 39.9 Å². The number of nitrogens with one attached hydrogen (secondary N) is 3. The lowest BCUT2D eigenvalue weighted by Gasteiger charge is -2.30. The first-order valence-electron chi connectivity index (χ1n) is 6.17. The zero-order valence-corrected chi connectivity index (χ0v) is 9.72. The van der Waals surface area contributed by atoms with E-state index in [0.717, 1.165) is 13.1 Å². The molecule has 1 aromatic rings. The smallest absolute Gasteiger partial charge is 0.106 e. The standard InChI is InChI=1S/C13H19N3/c1-9-6-11(8-14-7-9)12-3-2-10-4-5-15-13(10)16-12/h4-6,9,12,14-16H,2-3,7-8H2,1H3/t9-,12?/m0/s1. The normalized spacial score (nSPS) is 29.2. The van der Waals surface area contributed by atoms with Gasteiger partial charge in [0.1, 0.15) is 5.82 Å². The number of fused-ring (bicyclic) bond motifs is 1. The highest BCUT2D eigenvalue weighted by molar-refractivity contribution is 5.50. The van der Waals surface area contributed by atoms with Crippen molar-refractivity contribution in [1.29, 1.82) is 0 Å². The Labute approximate surface area is 96.3 Å². The Bertz CT molecular complexity index is 405. The molecule has 1 unspecified atom stereocenters. The van der Waals surface area contributed by atoms with Gasteiger partial charge in [0.25, 0.3) is 0 Å². The second-order valence-electron chi connectivity index (χ2n) is 4.96. The highest BCUT2D eigenvalue weighted by Crippen LogP contribution is 2.27. The minimum absolute atomic E-state index is 0.515. The maximum atomic E-state index is 3.60. The molecule has 0 bridgehead atoms. The van der Waals surface area contributed by atoms with Gasteiger partial charge in [-0.3, -0.25) is 0 Å². The van der Waals surface area contributed by atoms with Crippen molar-refractivity contribution >= 4 is 5.82 Å². The van der Waals surface area contributed by atoms with Gasteiger partial charge in [-0.25, -0.2) is 0 Å². The van der Waals surface area contributed by atoms with Gasteiger partial charge in [0.2, 0.25) is 0 Å². The van der Waals surface area contributed by atoms with Gasteiger partial charge in [-0.2, -0.15) is 0 Å². The van der Waals surface area contributed by atoms with Crippen molar-refractivity contribution in [3.05, 3.63) is 29.5 Å². The third-order valence-electron chi connectivity index (χ3n) is 3.60. The molecule has 3 heterocycles. The summed E-state index contributed by atoms with van der Waals surface area (Å²) < 4.78 is 0. The zero-order chi connectivity index (χ0) is 11.0. The van der Waals surface area contributed by atoms with E-state index in [1.54, 1.807) is 0 Å². The first-order chi connectivity index (χ1) is 7.83. The van der Waals surface area contributed by atoms with Crippen LogP contribution in [0.3, 0.4) is 0 Å². The molecule has 0 radical (unpaired) electrons. The van der Waals surface area contributed by atoms with Crippen molar-refractivity contribution < 1.29 is 0 Å². The molecule has 3 heteroatoms. The van der Waals surface area contributed by atoms with Crippen molar-refractivity contribution in [2.24, 2.45) is 5.92 Å². The third kappa shape index (κ3) is 1.76. The fourth-order valence-corrected chi connectivity index (χ4v) is 2.74. The number of aromatic amines is 1. The van der Waals surface area contributed by atoms with Crippen molar-refractivity contribution in [2.45, 2.75) is 25.8 Å². The van der Waals surface area contributed by atoms with Crippen LogP contribution in [0, 0.1) is 5.92 Å². The highest BCUT2D eigenvalue weighted by atomic mass is 15.0. The number of anilines is 1. The molecule has 86 valence electrons. The predicted octanol–water partition coefficient (Wildman–Crippen LogP) is 1.91. The fourth-order valence-electron chi connectivity index (χ4n) is 2.74. The molecule has 0 aromatic carbocycles. The quantitative estimate of drug-likeness (QED) is 0.629. The Morgan fingerprint density at radius 1 is 1.38 bits per heavy atom. The Hall–Kier alpha value is -1.22. The van der Waals surface area contributed by atoms with Crippen molar-refractivity contribution in [2.75, 3.05) is 18.4 Å². The molecular formula is C13H19N3. The average Bonchev–Trinajstić information content (AvgIpc) is 2.75. The van der Waals surface area contributed by atoms with E-state index in [9.17, 15) is 0 Å². The summed E-state index contributed by atoms with van der Waals surface area (Å²) in [5.41, 5.74) is 2.95. The molecule has 0 spiro atoms. The molecule has 3 N–H and O–H groups in total. The van der Waals surface area contributed by atoms with Gasteiger partial charge in [0, 0.05) is 19.3 Å². The molecule has 3 nitrogen and oxygen atoms in total. The Morgan fingerprint density at radius 2 is 2.31 bits per heavy atom. The Morgan fingerprint density at radius 3 is 3.19 bits per heavy atom. The second-order valence-corrected chi connectivity index (χ2v) is 4.96. The summed E-state index contributed by atoms with van der Waals surface area (Å²) in [5, 5.41) is 7.08. The Kier molecular flexibility index (Phi) is 2.48. The monoisotopic (exact) mass is 217 g/mol. The fraction of sp³-hybridized carbons (Fsp3) is 0.538. The summed E-state index contributed by atoms with van der Waals surface area (Å²) in [4.78, 5) is 3.28. The van der Waals surface area contributed by atoms with Crippen LogP contribution >= 0.6 is 0 Å². The number of H-pyrrole nitrogens is 1. The first-order valence-corrected chi connectivity index (χ1v) is 6.17. The third-order valence-corrected chi connectivity index (χ3v) is 3.60. The van der Waals surface area contributed by atoms with Gasteiger partial charge >= 0.3 is 0 Å². The van der Waals surface area contributed by atoms with E-state index in [-0.39, 0.29) is 0 Å². The van der Waals surface area contributed by atoms with E-state index in [4.69, 9.17) is 0 Å². The van der Waals surface area contributed by atoms with Crippen LogP contribution in [-0.4, -0.2) is 24.1 Å². The predicted molar refractivity (Wildman–Crippen MR) is 66.6 cm³/mol. The summed E-state index contributed by atoms with van der Waals surface area (Å²) >= 11 is 0. The van der Waals surface area contributed by atoms with E-state index in [1.165, 1.54) is 29.8 Å². The van der Waals surface area contributed by atoms with Crippen LogP contribution < -0.4 is 10.6 Å². The van der Waals surface area contributed by atoms with Crippen LogP contribution in [0.25, 0.3) is 0 Å². The SMILES string of the molecule is C[C@H]1C=C(C2CCc3cc[nH]c3N2)CNC1. The summed E-state index contributed by atoms with van der Waals surface area (Å²) in [6.45, 7) is 4.43.